The first kappa shape index (κ1) is 16.8. The van der Waals surface area contributed by atoms with Crippen LogP contribution in [0.2, 0.25) is 0 Å². The number of carbonyl (C=O) groups excluding carboxylic acids is 1. The Labute approximate surface area is 135 Å². The lowest BCUT2D eigenvalue weighted by atomic mass is 10.1. The number of nitrogen functional groups attached to an aromatic ring is 2. The molecule has 0 aliphatic heterocycles. The fourth-order valence-corrected chi connectivity index (χ4v) is 3.29. The molecule has 2 rings (SSSR count). The molecule has 0 bridgehead atoms. The third-order valence-electron chi connectivity index (χ3n) is 3.75. The number of hydrogen-bond donors (Lipinski definition) is 3. The highest BCUT2D eigenvalue weighted by Crippen LogP contribution is 2.20. The van der Waals surface area contributed by atoms with Crippen LogP contribution in [0.3, 0.4) is 0 Å². The van der Waals surface area contributed by atoms with Gasteiger partial charge >= 0.3 is 0 Å². The lowest BCUT2D eigenvalue weighted by molar-refractivity contribution is -0.121. The van der Waals surface area contributed by atoms with Crippen molar-refractivity contribution >= 4 is 29.6 Å². The summed E-state index contributed by atoms with van der Waals surface area (Å²) in [6.45, 7) is 1.89. The van der Waals surface area contributed by atoms with Crippen LogP contribution in [0, 0.1) is 0 Å². The van der Waals surface area contributed by atoms with Gasteiger partial charge in [0.1, 0.15) is 5.82 Å². The first-order chi connectivity index (χ1) is 10.5. The predicted molar refractivity (Wildman–Crippen MR) is 89.0 cm³/mol. The Kier molecular flexibility index (Phi) is 6.23. The molecular weight excluding hydrogens is 300 g/mol. The Hall–Kier alpha value is -1.57. The van der Waals surface area contributed by atoms with E-state index in [4.69, 9.17) is 11.5 Å². The van der Waals surface area contributed by atoms with Gasteiger partial charge in [-0.3, -0.25) is 4.79 Å². The smallest absolute Gasteiger partial charge is 0.233 e. The van der Waals surface area contributed by atoms with Crippen molar-refractivity contribution in [1.82, 2.24) is 20.3 Å². The van der Waals surface area contributed by atoms with E-state index in [9.17, 15) is 4.79 Å². The molecule has 0 radical (unpaired) electrons. The molecule has 22 heavy (non-hydrogen) atoms. The maximum Gasteiger partial charge on any atom is 0.233 e. The second-order valence-electron chi connectivity index (χ2n) is 5.62. The summed E-state index contributed by atoms with van der Waals surface area (Å²) in [4.78, 5) is 24.0. The van der Waals surface area contributed by atoms with Gasteiger partial charge in [0.15, 0.2) is 0 Å². The molecule has 0 spiro atoms. The Morgan fingerprint density at radius 1 is 1.18 bits per heavy atom. The predicted octanol–water partition coefficient (Wildman–Crippen LogP) is 1.50. The van der Waals surface area contributed by atoms with E-state index >= 15 is 0 Å². The number of carbonyl (C=O) groups is 1. The van der Waals surface area contributed by atoms with E-state index in [0.29, 0.717) is 17.6 Å². The maximum atomic E-state index is 12.2. The molecule has 1 atom stereocenters. The fourth-order valence-electron chi connectivity index (χ4n) is 2.54. The number of nitrogens with zero attached hydrogens (tertiary/aromatic N) is 3. The molecule has 1 amide bonds. The van der Waals surface area contributed by atoms with E-state index in [1.807, 2.05) is 6.92 Å². The Morgan fingerprint density at radius 3 is 2.36 bits per heavy atom. The van der Waals surface area contributed by atoms with Gasteiger partial charge in [0.05, 0.1) is 11.0 Å². The van der Waals surface area contributed by atoms with Crippen molar-refractivity contribution in [2.24, 2.45) is 0 Å². The van der Waals surface area contributed by atoms with Crippen molar-refractivity contribution < 1.29 is 4.79 Å². The van der Waals surface area contributed by atoms with Crippen molar-refractivity contribution in [1.29, 1.82) is 0 Å². The highest BCUT2D eigenvalue weighted by Gasteiger charge is 2.19. The molecule has 1 aromatic heterocycles. The van der Waals surface area contributed by atoms with Crippen molar-refractivity contribution in [3.63, 3.8) is 0 Å². The van der Waals surface area contributed by atoms with Gasteiger partial charge < -0.3 is 16.8 Å². The fraction of sp³-hybridized carbons (Fsp3) is 0.714. The molecule has 1 aliphatic rings. The Bertz CT molecular complexity index is 484. The molecule has 0 saturated heterocycles. The topological polar surface area (TPSA) is 120 Å². The van der Waals surface area contributed by atoms with Gasteiger partial charge in [-0.1, -0.05) is 25.7 Å². The van der Waals surface area contributed by atoms with Gasteiger partial charge in [0.2, 0.25) is 17.8 Å². The standard InChI is InChI=1S/C14H24N6OS/c1-9(12(21)17-10-6-4-2-3-5-7-10)22-8-11-18-13(15)20-14(16)19-11/h9-10H,2-8H2,1H3,(H,17,21)(H4,15,16,18,19,20)/t9-/m1/s1. The molecule has 0 unspecified atom stereocenters. The van der Waals surface area contributed by atoms with Crippen LogP contribution >= 0.6 is 11.8 Å². The van der Waals surface area contributed by atoms with Gasteiger partial charge in [-0.05, 0) is 19.8 Å². The Morgan fingerprint density at radius 2 is 1.77 bits per heavy atom. The number of rotatable bonds is 5. The van der Waals surface area contributed by atoms with Crippen LogP contribution in [-0.2, 0) is 10.5 Å². The summed E-state index contributed by atoms with van der Waals surface area (Å²) in [5.41, 5.74) is 11.1. The van der Waals surface area contributed by atoms with Crippen LogP contribution in [-0.4, -0.2) is 32.2 Å². The van der Waals surface area contributed by atoms with Gasteiger partial charge in [0, 0.05) is 6.04 Å². The highest BCUT2D eigenvalue weighted by atomic mass is 32.2. The average Bonchev–Trinajstić information content (AvgIpc) is 2.72. The number of anilines is 2. The van der Waals surface area contributed by atoms with Crippen LogP contribution in [0.25, 0.3) is 0 Å². The molecule has 1 heterocycles. The highest BCUT2D eigenvalue weighted by molar-refractivity contribution is 7.99. The van der Waals surface area contributed by atoms with Gasteiger partial charge in [-0.15, -0.1) is 11.8 Å². The summed E-state index contributed by atoms with van der Waals surface area (Å²) < 4.78 is 0. The molecule has 1 aromatic rings. The third kappa shape index (κ3) is 5.32. The molecule has 7 nitrogen and oxygen atoms in total. The second-order valence-corrected chi connectivity index (χ2v) is 6.95. The van der Waals surface area contributed by atoms with Gasteiger partial charge in [-0.25, -0.2) is 0 Å². The molecule has 1 fully saturated rings. The molecule has 5 N–H and O–H groups in total. The minimum absolute atomic E-state index is 0.0758. The zero-order valence-electron chi connectivity index (χ0n) is 12.9. The molecule has 122 valence electrons. The number of aromatic nitrogens is 3. The molecule has 1 aliphatic carbocycles. The van der Waals surface area contributed by atoms with E-state index in [0.717, 1.165) is 12.8 Å². The first-order valence-corrected chi connectivity index (χ1v) is 8.77. The zero-order chi connectivity index (χ0) is 15.9. The van der Waals surface area contributed by atoms with Crippen LogP contribution in [0.5, 0.6) is 0 Å². The summed E-state index contributed by atoms with van der Waals surface area (Å²) in [7, 11) is 0. The number of nitrogens with two attached hydrogens (primary N) is 2. The molecule has 8 heteroatoms. The van der Waals surface area contributed by atoms with Crippen LogP contribution in [0.15, 0.2) is 0 Å². The lowest BCUT2D eigenvalue weighted by Gasteiger charge is -2.19. The molecule has 1 saturated carbocycles. The number of amides is 1. The van der Waals surface area contributed by atoms with Crippen LogP contribution < -0.4 is 16.8 Å². The number of nitrogens with one attached hydrogen (secondary N) is 1. The van der Waals surface area contributed by atoms with Crippen molar-refractivity contribution in [2.75, 3.05) is 11.5 Å². The average molecular weight is 324 g/mol. The minimum Gasteiger partial charge on any atom is -0.368 e. The van der Waals surface area contributed by atoms with E-state index in [1.165, 1.54) is 37.4 Å². The summed E-state index contributed by atoms with van der Waals surface area (Å²) in [6.07, 6.45) is 7.14. The van der Waals surface area contributed by atoms with Crippen LogP contribution in [0.4, 0.5) is 11.9 Å². The quantitative estimate of drug-likeness (QED) is 0.702. The zero-order valence-corrected chi connectivity index (χ0v) is 13.7. The monoisotopic (exact) mass is 324 g/mol. The summed E-state index contributed by atoms with van der Waals surface area (Å²) in [6, 6.07) is 0.321. The van der Waals surface area contributed by atoms with Crippen molar-refractivity contribution in [3.05, 3.63) is 5.82 Å². The van der Waals surface area contributed by atoms with Gasteiger partial charge in [-0.2, -0.15) is 15.0 Å². The minimum atomic E-state index is -0.164. The SMILES string of the molecule is C[C@@H](SCc1nc(N)nc(N)n1)C(=O)NC1CCCCCC1. The number of thioether (sulfide) groups is 1. The first-order valence-electron chi connectivity index (χ1n) is 7.72. The van der Waals surface area contributed by atoms with E-state index in [-0.39, 0.29) is 23.1 Å². The third-order valence-corrected chi connectivity index (χ3v) is 4.89. The normalized spacial score (nSPS) is 17.7. The Balaban J connectivity index is 1.80. The van der Waals surface area contributed by atoms with E-state index in [2.05, 4.69) is 20.3 Å². The second kappa shape index (κ2) is 8.17. The largest absolute Gasteiger partial charge is 0.368 e. The maximum absolute atomic E-state index is 12.2. The number of hydrogen-bond acceptors (Lipinski definition) is 7. The summed E-state index contributed by atoms with van der Waals surface area (Å²) in [5, 5.41) is 2.99. The molecule has 0 aromatic carbocycles. The summed E-state index contributed by atoms with van der Waals surface area (Å²) in [5.74, 6) is 1.28. The van der Waals surface area contributed by atoms with Gasteiger partial charge in [0.25, 0.3) is 0 Å². The summed E-state index contributed by atoms with van der Waals surface area (Å²) >= 11 is 1.47. The molecular formula is C14H24N6OS. The lowest BCUT2D eigenvalue weighted by Crippen LogP contribution is -2.39. The van der Waals surface area contributed by atoms with Crippen molar-refractivity contribution in [3.8, 4) is 0 Å². The van der Waals surface area contributed by atoms with E-state index in [1.54, 1.807) is 0 Å². The van der Waals surface area contributed by atoms with Crippen molar-refractivity contribution in [2.45, 2.75) is 62.5 Å². The van der Waals surface area contributed by atoms with Crippen LogP contribution in [0.1, 0.15) is 51.3 Å². The van der Waals surface area contributed by atoms with E-state index < -0.39 is 0 Å².